The van der Waals surface area contributed by atoms with E-state index in [4.69, 9.17) is 9.84 Å². The molecular weight excluding hydrogens is 280 g/mol. The summed E-state index contributed by atoms with van der Waals surface area (Å²) in [6, 6.07) is 5.62. The first-order valence-electron chi connectivity index (χ1n) is 5.92. The van der Waals surface area contributed by atoms with E-state index in [2.05, 4.69) is 6.58 Å². The maximum atomic E-state index is 11.8. The van der Waals surface area contributed by atoms with Crippen LogP contribution >= 0.6 is 0 Å². The number of nitro groups is 1. The largest absolute Gasteiger partial charge is 0.480 e. The van der Waals surface area contributed by atoms with Gasteiger partial charge in [-0.25, -0.2) is 0 Å². The fourth-order valence-corrected chi connectivity index (χ4v) is 1.53. The number of amides is 1. The quantitative estimate of drug-likeness (QED) is 0.436. The van der Waals surface area contributed by atoms with Crippen LogP contribution in [0, 0.1) is 10.1 Å². The molecule has 21 heavy (non-hydrogen) atoms. The average Bonchev–Trinajstić information content (AvgIpc) is 2.44. The molecule has 0 atom stereocenters. The van der Waals surface area contributed by atoms with Crippen LogP contribution in [0.15, 0.2) is 36.9 Å². The molecule has 1 aromatic carbocycles. The van der Waals surface area contributed by atoms with Crippen molar-refractivity contribution in [2.75, 3.05) is 19.7 Å². The van der Waals surface area contributed by atoms with Gasteiger partial charge in [-0.3, -0.25) is 19.7 Å². The zero-order chi connectivity index (χ0) is 15.8. The minimum Gasteiger partial charge on any atom is -0.480 e. The van der Waals surface area contributed by atoms with E-state index in [0.29, 0.717) is 0 Å². The number of para-hydroxylation sites is 2. The molecule has 112 valence electrons. The molecule has 0 fully saturated rings. The summed E-state index contributed by atoms with van der Waals surface area (Å²) in [5.41, 5.74) is -0.265. The van der Waals surface area contributed by atoms with Crippen molar-refractivity contribution in [3.05, 3.63) is 47.0 Å². The highest BCUT2D eigenvalue weighted by Crippen LogP contribution is 2.25. The first-order valence-corrected chi connectivity index (χ1v) is 5.92. The molecule has 0 aromatic heterocycles. The lowest BCUT2D eigenvalue weighted by Crippen LogP contribution is -2.38. The first-order chi connectivity index (χ1) is 9.95. The SMILES string of the molecule is C=CCN(CC(=O)O)C(=O)COc1ccccc1[N+](=O)[O-]. The summed E-state index contributed by atoms with van der Waals surface area (Å²) in [6.07, 6.45) is 1.38. The van der Waals surface area contributed by atoms with Crippen LogP contribution in [0.1, 0.15) is 0 Å². The molecule has 1 aromatic rings. The number of nitrogens with zero attached hydrogens (tertiary/aromatic N) is 2. The number of nitro benzene ring substituents is 1. The average molecular weight is 294 g/mol. The van der Waals surface area contributed by atoms with Gasteiger partial charge in [0.2, 0.25) is 0 Å². The fraction of sp³-hybridized carbons (Fsp3) is 0.231. The molecule has 8 heteroatoms. The van der Waals surface area contributed by atoms with E-state index in [-0.39, 0.29) is 18.0 Å². The van der Waals surface area contributed by atoms with E-state index in [9.17, 15) is 19.7 Å². The van der Waals surface area contributed by atoms with Crippen molar-refractivity contribution in [1.29, 1.82) is 0 Å². The van der Waals surface area contributed by atoms with Crippen molar-refractivity contribution < 1.29 is 24.4 Å². The van der Waals surface area contributed by atoms with Crippen molar-refractivity contribution in [3.8, 4) is 5.75 Å². The Balaban J connectivity index is 2.73. The summed E-state index contributed by atoms with van der Waals surface area (Å²) in [7, 11) is 0. The fourth-order valence-electron chi connectivity index (χ4n) is 1.53. The highest BCUT2D eigenvalue weighted by molar-refractivity contribution is 5.82. The molecule has 0 spiro atoms. The van der Waals surface area contributed by atoms with Crippen LogP contribution in [0.4, 0.5) is 5.69 Å². The Labute approximate surface area is 120 Å². The number of carbonyl (C=O) groups excluding carboxylic acids is 1. The topological polar surface area (TPSA) is 110 Å². The summed E-state index contributed by atoms with van der Waals surface area (Å²) in [6.45, 7) is 2.49. The lowest BCUT2D eigenvalue weighted by atomic mass is 10.3. The molecule has 1 amide bonds. The minimum absolute atomic E-state index is 0.0470. The van der Waals surface area contributed by atoms with Gasteiger partial charge in [-0.05, 0) is 6.07 Å². The number of hydrogen-bond acceptors (Lipinski definition) is 5. The number of ether oxygens (including phenoxy) is 1. The molecule has 0 aliphatic heterocycles. The smallest absolute Gasteiger partial charge is 0.323 e. The Hall–Kier alpha value is -2.90. The van der Waals surface area contributed by atoms with E-state index in [1.54, 1.807) is 0 Å². The number of aliphatic carboxylic acids is 1. The van der Waals surface area contributed by atoms with Crippen molar-refractivity contribution in [1.82, 2.24) is 4.90 Å². The van der Waals surface area contributed by atoms with Gasteiger partial charge in [0.25, 0.3) is 5.91 Å². The third-order valence-electron chi connectivity index (χ3n) is 2.44. The van der Waals surface area contributed by atoms with Gasteiger partial charge in [0.15, 0.2) is 12.4 Å². The van der Waals surface area contributed by atoms with Gasteiger partial charge in [0.1, 0.15) is 6.54 Å². The highest BCUT2D eigenvalue weighted by Gasteiger charge is 2.19. The van der Waals surface area contributed by atoms with Crippen LogP contribution in [-0.2, 0) is 9.59 Å². The summed E-state index contributed by atoms with van der Waals surface area (Å²) >= 11 is 0. The Morgan fingerprint density at radius 3 is 2.67 bits per heavy atom. The van der Waals surface area contributed by atoms with E-state index in [1.807, 2.05) is 0 Å². The van der Waals surface area contributed by atoms with Gasteiger partial charge in [-0.15, -0.1) is 6.58 Å². The van der Waals surface area contributed by atoms with E-state index in [1.165, 1.54) is 30.3 Å². The van der Waals surface area contributed by atoms with Gasteiger partial charge in [0, 0.05) is 12.6 Å². The normalized spacial score (nSPS) is 9.71. The summed E-state index contributed by atoms with van der Waals surface area (Å²) in [5, 5.41) is 19.5. The van der Waals surface area contributed by atoms with E-state index in [0.717, 1.165) is 4.90 Å². The Bertz CT molecular complexity index is 557. The van der Waals surface area contributed by atoms with E-state index < -0.39 is 30.0 Å². The molecule has 8 nitrogen and oxygen atoms in total. The molecule has 0 aliphatic carbocycles. The Morgan fingerprint density at radius 2 is 2.10 bits per heavy atom. The molecule has 0 radical (unpaired) electrons. The second-order valence-corrected chi connectivity index (χ2v) is 3.97. The number of rotatable bonds is 8. The molecule has 0 saturated heterocycles. The van der Waals surface area contributed by atoms with Gasteiger partial charge in [0.05, 0.1) is 4.92 Å². The zero-order valence-electron chi connectivity index (χ0n) is 11.1. The molecule has 1 N–H and O–H groups in total. The Morgan fingerprint density at radius 1 is 1.43 bits per heavy atom. The second-order valence-electron chi connectivity index (χ2n) is 3.97. The Kier molecular flexibility index (Phi) is 5.87. The number of carboxylic acid groups (broad SMARTS) is 1. The van der Waals surface area contributed by atoms with Gasteiger partial charge in [-0.1, -0.05) is 18.2 Å². The predicted octanol–water partition coefficient (Wildman–Crippen LogP) is 1.07. The van der Waals surface area contributed by atoms with Crippen molar-refractivity contribution >= 4 is 17.6 Å². The third kappa shape index (κ3) is 4.94. The lowest BCUT2D eigenvalue weighted by Gasteiger charge is -2.18. The zero-order valence-corrected chi connectivity index (χ0v) is 11.1. The monoisotopic (exact) mass is 294 g/mol. The molecule has 0 heterocycles. The van der Waals surface area contributed by atoms with Crippen LogP contribution < -0.4 is 4.74 Å². The van der Waals surface area contributed by atoms with Gasteiger partial charge >= 0.3 is 11.7 Å². The van der Waals surface area contributed by atoms with Crippen LogP contribution in [0.5, 0.6) is 5.75 Å². The summed E-state index contributed by atoms with van der Waals surface area (Å²) < 4.78 is 5.11. The predicted molar refractivity (Wildman–Crippen MR) is 73.0 cm³/mol. The molecule has 0 unspecified atom stereocenters. The van der Waals surface area contributed by atoms with E-state index >= 15 is 0 Å². The lowest BCUT2D eigenvalue weighted by molar-refractivity contribution is -0.385. The van der Waals surface area contributed by atoms with Gasteiger partial charge < -0.3 is 14.7 Å². The summed E-state index contributed by atoms with van der Waals surface area (Å²) in [4.78, 5) is 33.7. The second kappa shape index (κ2) is 7.63. The number of benzene rings is 1. The van der Waals surface area contributed by atoms with Crippen molar-refractivity contribution in [2.45, 2.75) is 0 Å². The maximum absolute atomic E-state index is 11.8. The van der Waals surface area contributed by atoms with Crippen LogP contribution in [0.3, 0.4) is 0 Å². The van der Waals surface area contributed by atoms with Crippen molar-refractivity contribution in [3.63, 3.8) is 0 Å². The van der Waals surface area contributed by atoms with Crippen LogP contribution in [0.2, 0.25) is 0 Å². The third-order valence-corrected chi connectivity index (χ3v) is 2.44. The standard InChI is InChI=1S/C13H14N2O6/c1-2-7-14(8-13(17)18)12(16)9-21-11-6-4-3-5-10(11)15(19)20/h2-6H,1,7-9H2,(H,17,18). The molecule has 0 aliphatic rings. The minimum atomic E-state index is -1.17. The molecule has 0 saturated carbocycles. The number of hydrogen-bond donors (Lipinski definition) is 1. The summed E-state index contributed by atoms with van der Waals surface area (Å²) in [5.74, 6) is -1.82. The highest BCUT2D eigenvalue weighted by atomic mass is 16.6. The molecular formula is C13H14N2O6. The first kappa shape index (κ1) is 16.2. The maximum Gasteiger partial charge on any atom is 0.323 e. The van der Waals surface area contributed by atoms with Crippen molar-refractivity contribution in [2.24, 2.45) is 0 Å². The number of carbonyl (C=O) groups is 2. The number of carboxylic acids is 1. The van der Waals surface area contributed by atoms with Crippen LogP contribution in [-0.4, -0.2) is 46.5 Å². The molecule has 0 bridgehead atoms. The van der Waals surface area contributed by atoms with Crippen LogP contribution in [0.25, 0.3) is 0 Å². The van der Waals surface area contributed by atoms with Gasteiger partial charge in [-0.2, -0.15) is 0 Å². The molecule has 1 rings (SSSR count).